The molecule has 0 amide bonds. The van der Waals surface area contributed by atoms with E-state index >= 15 is 0 Å². The van der Waals surface area contributed by atoms with Crippen LogP contribution in [0.15, 0.2) is 30.3 Å². The van der Waals surface area contributed by atoms with Crippen molar-refractivity contribution in [1.29, 1.82) is 0 Å². The molecule has 1 aromatic heterocycles. The summed E-state index contributed by atoms with van der Waals surface area (Å²) < 4.78 is 2.03. The third-order valence-corrected chi connectivity index (χ3v) is 4.67. The van der Waals surface area contributed by atoms with Crippen LogP contribution in [0.2, 0.25) is 0 Å². The van der Waals surface area contributed by atoms with Gasteiger partial charge in [-0.25, -0.2) is 0 Å². The van der Waals surface area contributed by atoms with Crippen molar-refractivity contribution < 1.29 is 0 Å². The Balaban J connectivity index is 2.04. The topological polar surface area (TPSA) is 17.8 Å². The van der Waals surface area contributed by atoms with Crippen molar-refractivity contribution in [3.05, 3.63) is 52.8 Å². The molecule has 1 aromatic carbocycles. The maximum Gasteiger partial charge on any atom is 0.0624 e. The second-order valence-corrected chi connectivity index (χ2v) is 6.17. The molecule has 1 heterocycles. The molecule has 0 saturated carbocycles. The lowest BCUT2D eigenvalue weighted by molar-refractivity contribution is 0.556. The highest BCUT2D eigenvalue weighted by Gasteiger charge is 2.13. The van der Waals surface area contributed by atoms with Crippen LogP contribution in [0.25, 0.3) is 0 Å². The molecule has 0 aliphatic heterocycles. The second-order valence-electron chi connectivity index (χ2n) is 5.52. The van der Waals surface area contributed by atoms with Gasteiger partial charge in [0.2, 0.25) is 0 Å². The Labute approximate surface area is 130 Å². The Hall–Kier alpha value is -1.09. The first kappa shape index (κ1) is 15.3. The summed E-state index contributed by atoms with van der Waals surface area (Å²) in [6.45, 7) is 4.29. The smallest absolute Gasteiger partial charge is 0.0624 e. The molecule has 0 spiro atoms. The number of benzene rings is 1. The standard InChI is InChI=1S/C17H23BrN2/c1-4-16-11-17(20(3)19-16)10-15(12-18)9-14-7-5-13(2)6-8-14/h5-8,11,15H,4,9-10,12H2,1-3H3. The normalized spacial score (nSPS) is 12.6. The molecule has 0 aliphatic carbocycles. The minimum Gasteiger partial charge on any atom is -0.272 e. The molecule has 0 radical (unpaired) electrons. The summed E-state index contributed by atoms with van der Waals surface area (Å²) in [5, 5.41) is 5.56. The number of halogens is 1. The lowest BCUT2D eigenvalue weighted by Crippen LogP contribution is -2.12. The van der Waals surface area contributed by atoms with Crippen LogP contribution in [0.3, 0.4) is 0 Å². The summed E-state index contributed by atoms with van der Waals surface area (Å²) in [6.07, 6.45) is 3.19. The number of hydrogen-bond donors (Lipinski definition) is 0. The molecule has 0 aliphatic rings. The monoisotopic (exact) mass is 334 g/mol. The van der Waals surface area contributed by atoms with Crippen LogP contribution in [0, 0.1) is 12.8 Å². The third-order valence-electron chi connectivity index (χ3n) is 3.75. The van der Waals surface area contributed by atoms with Crippen molar-refractivity contribution in [2.24, 2.45) is 13.0 Å². The van der Waals surface area contributed by atoms with Crippen molar-refractivity contribution in [2.45, 2.75) is 33.1 Å². The molecule has 2 rings (SSSR count). The van der Waals surface area contributed by atoms with Crippen molar-refractivity contribution >= 4 is 15.9 Å². The SMILES string of the molecule is CCc1cc(CC(CBr)Cc2ccc(C)cc2)n(C)n1. The van der Waals surface area contributed by atoms with E-state index in [1.54, 1.807) is 0 Å². The van der Waals surface area contributed by atoms with Crippen LogP contribution < -0.4 is 0 Å². The Morgan fingerprint density at radius 2 is 1.90 bits per heavy atom. The van der Waals surface area contributed by atoms with Crippen LogP contribution in [0.4, 0.5) is 0 Å². The first-order valence-corrected chi connectivity index (χ1v) is 8.37. The largest absolute Gasteiger partial charge is 0.272 e. The van der Waals surface area contributed by atoms with Gasteiger partial charge in [-0.3, -0.25) is 4.68 Å². The summed E-state index contributed by atoms with van der Waals surface area (Å²) in [6, 6.07) is 11.1. The number of nitrogens with zero attached hydrogens (tertiary/aromatic N) is 2. The zero-order chi connectivity index (χ0) is 14.5. The molecule has 0 N–H and O–H groups in total. The van der Waals surface area contributed by atoms with E-state index in [-0.39, 0.29) is 0 Å². The van der Waals surface area contributed by atoms with Gasteiger partial charge in [0, 0.05) is 18.1 Å². The maximum atomic E-state index is 4.54. The molecule has 3 heteroatoms. The fourth-order valence-electron chi connectivity index (χ4n) is 2.47. The number of rotatable bonds is 6. The number of alkyl halides is 1. The number of aryl methyl sites for hydroxylation is 3. The molecule has 108 valence electrons. The molecule has 2 aromatic rings. The van der Waals surface area contributed by atoms with Crippen LogP contribution >= 0.6 is 15.9 Å². The van der Waals surface area contributed by atoms with Gasteiger partial charge in [-0.15, -0.1) is 0 Å². The predicted octanol–water partition coefficient (Wildman–Crippen LogP) is 4.09. The first-order chi connectivity index (χ1) is 9.62. The average molecular weight is 335 g/mol. The van der Waals surface area contributed by atoms with Crippen LogP contribution in [-0.4, -0.2) is 15.1 Å². The second kappa shape index (κ2) is 7.07. The van der Waals surface area contributed by atoms with E-state index in [2.05, 4.69) is 65.2 Å². The van der Waals surface area contributed by atoms with Gasteiger partial charge >= 0.3 is 0 Å². The van der Waals surface area contributed by atoms with Gasteiger partial charge in [0.15, 0.2) is 0 Å². The molecule has 0 saturated heterocycles. The molecule has 20 heavy (non-hydrogen) atoms. The first-order valence-electron chi connectivity index (χ1n) is 7.25. The van der Waals surface area contributed by atoms with Gasteiger partial charge in [0.1, 0.15) is 0 Å². The highest BCUT2D eigenvalue weighted by atomic mass is 79.9. The van der Waals surface area contributed by atoms with E-state index in [0.29, 0.717) is 5.92 Å². The molecular formula is C17H23BrN2. The number of hydrogen-bond acceptors (Lipinski definition) is 1. The van der Waals surface area contributed by atoms with Crippen molar-refractivity contribution in [3.63, 3.8) is 0 Å². The van der Waals surface area contributed by atoms with Crippen LogP contribution in [0.1, 0.15) is 29.4 Å². The minimum atomic E-state index is 0.609. The van der Waals surface area contributed by atoms with E-state index < -0.39 is 0 Å². The quantitative estimate of drug-likeness (QED) is 0.727. The highest BCUT2D eigenvalue weighted by Crippen LogP contribution is 2.18. The van der Waals surface area contributed by atoms with Gasteiger partial charge in [-0.1, -0.05) is 52.7 Å². The Kier molecular flexibility index (Phi) is 5.41. The highest BCUT2D eigenvalue weighted by molar-refractivity contribution is 9.09. The Bertz CT molecular complexity index is 543. The Morgan fingerprint density at radius 3 is 2.45 bits per heavy atom. The predicted molar refractivity (Wildman–Crippen MR) is 88.5 cm³/mol. The fraction of sp³-hybridized carbons (Fsp3) is 0.471. The van der Waals surface area contributed by atoms with Gasteiger partial charge in [-0.2, -0.15) is 5.10 Å². The lowest BCUT2D eigenvalue weighted by atomic mass is 9.96. The van der Waals surface area contributed by atoms with Crippen molar-refractivity contribution in [3.8, 4) is 0 Å². The molecule has 2 nitrogen and oxygen atoms in total. The molecular weight excluding hydrogens is 312 g/mol. The third kappa shape index (κ3) is 3.95. The average Bonchev–Trinajstić information content (AvgIpc) is 2.81. The zero-order valence-electron chi connectivity index (χ0n) is 12.6. The molecule has 1 unspecified atom stereocenters. The summed E-state index contributed by atoms with van der Waals surface area (Å²) in [5.74, 6) is 0.609. The summed E-state index contributed by atoms with van der Waals surface area (Å²) in [4.78, 5) is 0. The van der Waals surface area contributed by atoms with Gasteiger partial charge in [0.05, 0.1) is 5.69 Å². The number of aromatic nitrogens is 2. The lowest BCUT2D eigenvalue weighted by Gasteiger charge is -2.14. The van der Waals surface area contributed by atoms with Gasteiger partial charge < -0.3 is 0 Å². The summed E-state index contributed by atoms with van der Waals surface area (Å²) in [5.41, 5.74) is 5.26. The summed E-state index contributed by atoms with van der Waals surface area (Å²) >= 11 is 3.66. The van der Waals surface area contributed by atoms with Gasteiger partial charge in [-0.05, 0) is 43.7 Å². The molecule has 0 bridgehead atoms. The zero-order valence-corrected chi connectivity index (χ0v) is 14.2. The van der Waals surface area contributed by atoms with Crippen molar-refractivity contribution in [2.75, 3.05) is 5.33 Å². The van der Waals surface area contributed by atoms with E-state index in [1.165, 1.54) is 22.5 Å². The van der Waals surface area contributed by atoms with Gasteiger partial charge in [0.25, 0.3) is 0 Å². The summed E-state index contributed by atoms with van der Waals surface area (Å²) in [7, 11) is 2.05. The van der Waals surface area contributed by atoms with Crippen LogP contribution in [0.5, 0.6) is 0 Å². The van der Waals surface area contributed by atoms with Crippen LogP contribution in [-0.2, 0) is 26.3 Å². The maximum absolute atomic E-state index is 4.54. The fourth-order valence-corrected chi connectivity index (χ4v) is 2.93. The minimum absolute atomic E-state index is 0.609. The van der Waals surface area contributed by atoms with E-state index in [1.807, 2.05) is 11.7 Å². The molecule has 1 atom stereocenters. The van der Waals surface area contributed by atoms with E-state index in [9.17, 15) is 0 Å². The molecule has 0 fully saturated rings. The van der Waals surface area contributed by atoms with E-state index in [0.717, 1.165) is 24.6 Å². The van der Waals surface area contributed by atoms with E-state index in [4.69, 9.17) is 0 Å². The Morgan fingerprint density at radius 1 is 1.20 bits per heavy atom. The van der Waals surface area contributed by atoms with Crippen molar-refractivity contribution in [1.82, 2.24) is 9.78 Å².